The number of rotatable bonds is 7. The molecule has 23 heavy (non-hydrogen) atoms. The van der Waals surface area contributed by atoms with Crippen molar-refractivity contribution in [1.29, 1.82) is 0 Å². The van der Waals surface area contributed by atoms with Crippen molar-refractivity contribution in [3.63, 3.8) is 0 Å². The zero-order valence-electron chi connectivity index (χ0n) is 14.0. The van der Waals surface area contributed by atoms with Crippen molar-refractivity contribution in [2.75, 3.05) is 32.5 Å². The second kappa shape index (κ2) is 8.29. The minimum absolute atomic E-state index is 0.0939. The lowest BCUT2D eigenvalue weighted by Crippen LogP contribution is -2.23. The van der Waals surface area contributed by atoms with Crippen LogP contribution in [0.5, 0.6) is 0 Å². The normalized spacial score (nSPS) is 10.6. The summed E-state index contributed by atoms with van der Waals surface area (Å²) in [6, 6.07) is 11.6. The highest BCUT2D eigenvalue weighted by Gasteiger charge is 2.06. The van der Waals surface area contributed by atoms with Crippen LogP contribution in [0.1, 0.15) is 21.5 Å². The average Bonchev–Trinajstić information content (AvgIpc) is 2.54. The van der Waals surface area contributed by atoms with E-state index >= 15 is 0 Å². The zero-order valence-corrected chi connectivity index (χ0v) is 14.0. The summed E-state index contributed by atoms with van der Waals surface area (Å²) in [5.41, 5.74) is 2.91. The summed E-state index contributed by atoms with van der Waals surface area (Å²) >= 11 is 0. The first-order valence-corrected chi connectivity index (χ1v) is 7.73. The number of nitrogens with zero attached hydrogens (tertiary/aromatic N) is 2. The van der Waals surface area contributed by atoms with E-state index in [1.165, 1.54) is 5.56 Å². The first-order chi connectivity index (χ1) is 11.0. The molecule has 0 aliphatic rings. The fraction of sp³-hybridized carbons (Fsp3) is 0.333. The van der Waals surface area contributed by atoms with Crippen molar-refractivity contribution < 1.29 is 4.79 Å². The number of hydrogen-bond donors (Lipinski definition) is 2. The molecule has 2 rings (SSSR count). The highest BCUT2D eigenvalue weighted by atomic mass is 16.1. The van der Waals surface area contributed by atoms with E-state index in [2.05, 4.69) is 20.5 Å². The number of aryl methyl sites for hydroxylation is 1. The van der Waals surface area contributed by atoms with Gasteiger partial charge in [0.15, 0.2) is 0 Å². The summed E-state index contributed by atoms with van der Waals surface area (Å²) in [4.78, 5) is 18.6. The van der Waals surface area contributed by atoms with Crippen molar-refractivity contribution in [2.24, 2.45) is 0 Å². The molecule has 2 aromatic rings. The van der Waals surface area contributed by atoms with Gasteiger partial charge in [0.2, 0.25) is 0 Å². The van der Waals surface area contributed by atoms with Gasteiger partial charge in [0.05, 0.1) is 0 Å². The van der Waals surface area contributed by atoms with Gasteiger partial charge in [0.25, 0.3) is 5.91 Å². The van der Waals surface area contributed by atoms with Crippen molar-refractivity contribution in [1.82, 2.24) is 15.2 Å². The molecule has 5 heteroatoms. The zero-order chi connectivity index (χ0) is 16.7. The van der Waals surface area contributed by atoms with E-state index in [0.29, 0.717) is 12.1 Å². The first-order valence-electron chi connectivity index (χ1n) is 7.73. The molecule has 122 valence electrons. The molecule has 2 N–H and O–H groups in total. The smallest absolute Gasteiger partial charge is 0.251 e. The van der Waals surface area contributed by atoms with E-state index in [9.17, 15) is 4.79 Å². The lowest BCUT2D eigenvalue weighted by Gasteiger charge is -2.11. The molecule has 0 saturated carbocycles. The number of hydrogen-bond acceptors (Lipinski definition) is 4. The number of aromatic nitrogens is 1. The minimum Gasteiger partial charge on any atom is -0.369 e. The molecule has 0 aliphatic carbocycles. The summed E-state index contributed by atoms with van der Waals surface area (Å²) in [5.74, 6) is 0.624. The summed E-state index contributed by atoms with van der Waals surface area (Å²) < 4.78 is 0. The number of carbonyl (C=O) groups excluding carboxylic acids is 1. The Balaban J connectivity index is 1.90. The van der Waals surface area contributed by atoms with Gasteiger partial charge in [-0.05, 0) is 38.7 Å². The Morgan fingerprint density at radius 3 is 2.61 bits per heavy atom. The molecule has 0 bridgehead atoms. The molecule has 0 unspecified atom stereocenters. The number of anilines is 1. The third-order valence-corrected chi connectivity index (χ3v) is 3.46. The molecule has 1 aromatic heterocycles. The summed E-state index contributed by atoms with van der Waals surface area (Å²) in [5, 5.41) is 6.15. The highest BCUT2D eigenvalue weighted by Crippen LogP contribution is 2.08. The monoisotopic (exact) mass is 312 g/mol. The summed E-state index contributed by atoms with van der Waals surface area (Å²) in [6.07, 6.45) is 1.65. The third kappa shape index (κ3) is 5.71. The predicted octanol–water partition coefficient (Wildman–Crippen LogP) is 2.29. The maximum absolute atomic E-state index is 12.2. The van der Waals surface area contributed by atoms with Gasteiger partial charge < -0.3 is 15.5 Å². The third-order valence-electron chi connectivity index (χ3n) is 3.46. The average molecular weight is 312 g/mol. The summed E-state index contributed by atoms with van der Waals surface area (Å²) in [6.45, 7) is 4.26. The maximum Gasteiger partial charge on any atom is 0.251 e. The van der Waals surface area contributed by atoms with Crippen LogP contribution in [0.2, 0.25) is 0 Å². The molecule has 0 saturated heterocycles. The number of carbonyl (C=O) groups is 1. The standard InChI is InChI=1S/C18H24N4O/c1-14-4-6-15(7-5-14)13-21-18(23)16-8-9-19-17(12-16)20-10-11-22(2)3/h4-9,12H,10-11,13H2,1-3H3,(H,19,20)(H,21,23). The quantitative estimate of drug-likeness (QED) is 0.823. The second-order valence-electron chi connectivity index (χ2n) is 5.83. The van der Waals surface area contributed by atoms with Crippen LogP contribution in [0.25, 0.3) is 0 Å². The van der Waals surface area contributed by atoms with Crippen LogP contribution in [0, 0.1) is 6.92 Å². The Bertz CT molecular complexity index is 638. The van der Waals surface area contributed by atoms with Gasteiger partial charge >= 0.3 is 0 Å². The van der Waals surface area contributed by atoms with Gasteiger partial charge in [0, 0.05) is 31.4 Å². The number of nitrogens with one attached hydrogen (secondary N) is 2. The van der Waals surface area contributed by atoms with Crippen LogP contribution in [0.4, 0.5) is 5.82 Å². The van der Waals surface area contributed by atoms with Crippen LogP contribution >= 0.6 is 0 Å². The first kappa shape index (κ1) is 17.0. The fourth-order valence-corrected chi connectivity index (χ4v) is 2.07. The van der Waals surface area contributed by atoms with Crippen LogP contribution in [0.15, 0.2) is 42.6 Å². The van der Waals surface area contributed by atoms with Gasteiger partial charge in [-0.1, -0.05) is 29.8 Å². The highest BCUT2D eigenvalue weighted by molar-refractivity contribution is 5.94. The van der Waals surface area contributed by atoms with Gasteiger partial charge in [-0.25, -0.2) is 4.98 Å². The van der Waals surface area contributed by atoms with Crippen molar-refractivity contribution in [3.8, 4) is 0 Å². The minimum atomic E-state index is -0.0939. The second-order valence-corrected chi connectivity index (χ2v) is 5.83. The van der Waals surface area contributed by atoms with E-state index in [-0.39, 0.29) is 5.91 Å². The molecule has 0 spiro atoms. The SMILES string of the molecule is Cc1ccc(CNC(=O)c2ccnc(NCCN(C)C)c2)cc1. The van der Waals surface area contributed by atoms with E-state index in [1.807, 2.05) is 45.3 Å². The van der Waals surface area contributed by atoms with Crippen LogP contribution < -0.4 is 10.6 Å². The van der Waals surface area contributed by atoms with Crippen molar-refractivity contribution >= 4 is 11.7 Å². The molecule has 0 radical (unpaired) electrons. The number of likely N-dealkylation sites (N-methyl/N-ethyl adjacent to an activating group) is 1. The molecule has 0 fully saturated rings. The van der Waals surface area contributed by atoms with Crippen LogP contribution in [-0.4, -0.2) is 43.0 Å². The molecule has 0 atom stereocenters. The fourth-order valence-electron chi connectivity index (χ4n) is 2.07. The molecular weight excluding hydrogens is 288 g/mol. The maximum atomic E-state index is 12.2. The van der Waals surface area contributed by atoms with Crippen LogP contribution in [-0.2, 0) is 6.54 Å². The van der Waals surface area contributed by atoms with E-state index < -0.39 is 0 Å². The van der Waals surface area contributed by atoms with Gasteiger partial charge in [-0.2, -0.15) is 0 Å². The van der Waals surface area contributed by atoms with E-state index in [0.717, 1.165) is 24.5 Å². The van der Waals surface area contributed by atoms with E-state index in [4.69, 9.17) is 0 Å². The molecule has 1 heterocycles. The number of pyridine rings is 1. The van der Waals surface area contributed by atoms with Gasteiger partial charge in [-0.3, -0.25) is 4.79 Å². The van der Waals surface area contributed by atoms with Crippen LogP contribution in [0.3, 0.4) is 0 Å². The Labute approximate surface area is 137 Å². The van der Waals surface area contributed by atoms with Crippen molar-refractivity contribution in [2.45, 2.75) is 13.5 Å². The number of benzene rings is 1. The van der Waals surface area contributed by atoms with Gasteiger partial charge in [0.1, 0.15) is 5.82 Å². The Morgan fingerprint density at radius 1 is 1.17 bits per heavy atom. The molecular formula is C18H24N4O. The Kier molecular flexibility index (Phi) is 6.11. The number of amides is 1. The van der Waals surface area contributed by atoms with E-state index in [1.54, 1.807) is 18.3 Å². The molecule has 1 amide bonds. The lowest BCUT2D eigenvalue weighted by molar-refractivity contribution is 0.0951. The topological polar surface area (TPSA) is 57.3 Å². The Hall–Kier alpha value is -2.40. The summed E-state index contributed by atoms with van der Waals surface area (Å²) in [7, 11) is 4.04. The largest absolute Gasteiger partial charge is 0.369 e. The molecule has 0 aliphatic heterocycles. The molecule has 1 aromatic carbocycles. The predicted molar refractivity (Wildman–Crippen MR) is 93.6 cm³/mol. The molecule has 5 nitrogen and oxygen atoms in total. The van der Waals surface area contributed by atoms with Crippen molar-refractivity contribution in [3.05, 3.63) is 59.3 Å². The Morgan fingerprint density at radius 2 is 1.91 bits per heavy atom. The lowest BCUT2D eigenvalue weighted by atomic mass is 10.1. The van der Waals surface area contributed by atoms with Gasteiger partial charge in [-0.15, -0.1) is 0 Å².